The Labute approximate surface area is 166 Å². The van der Waals surface area contributed by atoms with E-state index in [0.717, 1.165) is 0 Å². The molecule has 1 unspecified atom stereocenters. The van der Waals surface area contributed by atoms with Crippen molar-refractivity contribution < 1.29 is 28.7 Å². The molecule has 1 heterocycles. The van der Waals surface area contributed by atoms with Crippen LogP contribution in [0.1, 0.15) is 40.0 Å². The van der Waals surface area contributed by atoms with E-state index in [1.807, 2.05) is 13.8 Å². The minimum atomic E-state index is -0.289. The highest BCUT2D eigenvalue weighted by molar-refractivity contribution is 7.78. The van der Waals surface area contributed by atoms with Crippen LogP contribution in [0.2, 0.25) is 0 Å². The Balaban J connectivity index is 2.19. The summed E-state index contributed by atoms with van der Waals surface area (Å²) in [6.07, 6.45) is 0.702. The smallest absolute Gasteiger partial charge is 0.234 e. The first kappa shape index (κ1) is 23.6. The van der Waals surface area contributed by atoms with Gasteiger partial charge in [-0.25, -0.2) is 0 Å². The number of hydrogen-bond acceptors (Lipinski definition) is 7. The largest absolute Gasteiger partial charge is 0.377 e. The number of likely N-dealkylation sites (tertiary alicyclic amines) is 1. The van der Waals surface area contributed by atoms with E-state index in [9.17, 15) is 19.2 Å². The summed E-state index contributed by atoms with van der Waals surface area (Å²) in [6.45, 7) is 6.93. The highest BCUT2D eigenvalue weighted by atomic mass is 32.1. The Kier molecular flexibility index (Phi) is 10.6. The molecular weight excluding hydrogens is 372 g/mol. The molecule has 1 aliphatic heterocycles. The molecule has 3 amide bonds. The highest BCUT2D eigenvalue weighted by Gasteiger charge is 2.39. The Morgan fingerprint density at radius 2 is 1.89 bits per heavy atom. The summed E-state index contributed by atoms with van der Waals surface area (Å²) >= 11 is 4.12. The highest BCUT2D eigenvalue weighted by Crippen LogP contribution is 2.26. The molecule has 1 rings (SSSR count). The Bertz CT molecular complexity index is 540. The van der Waals surface area contributed by atoms with E-state index in [1.165, 1.54) is 9.21 Å². The van der Waals surface area contributed by atoms with Crippen molar-refractivity contribution in [3.63, 3.8) is 0 Å². The lowest BCUT2D eigenvalue weighted by atomic mass is 9.94. The Hall–Kier alpha value is -1.45. The fourth-order valence-corrected chi connectivity index (χ4v) is 2.77. The van der Waals surface area contributed by atoms with Crippen molar-refractivity contribution in [3.05, 3.63) is 0 Å². The van der Waals surface area contributed by atoms with E-state index in [2.05, 4.69) is 12.8 Å². The summed E-state index contributed by atoms with van der Waals surface area (Å²) in [4.78, 5) is 48.5. The third-order valence-corrected chi connectivity index (χ3v) is 4.82. The molecule has 9 heteroatoms. The molecule has 1 atom stereocenters. The van der Waals surface area contributed by atoms with Crippen LogP contribution in [0.3, 0.4) is 0 Å². The van der Waals surface area contributed by atoms with Gasteiger partial charge in [0, 0.05) is 31.7 Å². The lowest BCUT2D eigenvalue weighted by Gasteiger charge is -2.19. The molecule has 0 spiro atoms. The van der Waals surface area contributed by atoms with Gasteiger partial charge in [-0.3, -0.25) is 28.4 Å². The second kappa shape index (κ2) is 12.1. The van der Waals surface area contributed by atoms with E-state index < -0.39 is 0 Å². The predicted molar refractivity (Wildman–Crippen MR) is 102 cm³/mol. The third kappa shape index (κ3) is 7.98. The van der Waals surface area contributed by atoms with Crippen molar-refractivity contribution in [1.29, 1.82) is 0 Å². The van der Waals surface area contributed by atoms with Crippen molar-refractivity contribution in [2.75, 3.05) is 39.5 Å². The number of amides is 3. The molecule has 0 aromatic heterocycles. The van der Waals surface area contributed by atoms with E-state index in [-0.39, 0.29) is 74.5 Å². The maximum Gasteiger partial charge on any atom is 0.234 e. The fourth-order valence-electron chi connectivity index (χ4n) is 2.58. The first-order valence-electron chi connectivity index (χ1n) is 9.28. The molecule has 8 nitrogen and oxygen atoms in total. The predicted octanol–water partition coefficient (Wildman–Crippen LogP) is 1.09. The zero-order valence-electron chi connectivity index (χ0n) is 16.3. The zero-order chi connectivity index (χ0) is 20.4. The quantitative estimate of drug-likeness (QED) is 0.282. The van der Waals surface area contributed by atoms with Crippen molar-refractivity contribution in [1.82, 2.24) is 9.21 Å². The van der Waals surface area contributed by atoms with E-state index in [1.54, 1.807) is 6.92 Å². The number of ether oxygens (including phenoxy) is 2. The van der Waals surface area contributed by atoms with Gasteiger partial charge in [-0.2, -0.15) is 0 Å². The number of rotatable bonds is 13. The first-order chi connectivity index (χ1) is 12.8. The molecule has 154 valence electrons. The molecule has 0 aliphatic carbocycles. The summed E-state index contributed by atoms with van der Waals surface area (Å²) < 4.78 is 11.7. The van der Waals surface area contributed by atoms with Gasteiger partial charge in [0.15, 0.2) is 5.78 Å². The zero-order valence-corrected chi connectivity index (χ0v) is 17.2. The minimum Gasteiger partial charge on any atom is -0.377 e. The molecule has 0 N–H and O–H groups in total. The maximum absolute atomic E-state index is 12.2. The first-order valence-corrected chi connectivity index (χ1v) is 9.68. The van der Waals surface area contributed by atoms with Crippen LogP contribution in [0.5, 0.6) is 0 Å². The number of nitrogens with zero attached hydrogens (tertiary/aromatic N) is 2. The molecule has 0 aromatic rings. The van der Waals surface area contributed by atoms with Gasteiger partial charge in [0.2, 0.25) is 17.7 Å². The van der Waals surface area contributed by atoms with Gasteiger partial charge < -0.3 is 9.47 Å². The average Bonchev–Trinajstić information content (AvgIpc) is 2.92. The second-order valence-corrected chi connectivity index (χ2v) is 7.25. The van der Waals surface area contributed by atoms with E-state index >= 15 is 0 Å². The van der Waals surface area contributed by atoms with Crippen LogP contribution in [-0.2, 0) is 28.7 Å². The van der Waals surface area contributed by atoms with Gasteiger partial charge >= 0.3 is 0 Å². The molecule has 1 aliphatic rings. The molecule has 0 saturated carbocycles. The fraction of sp³-hybridized carbons (Fsp3) is 0.778. The maximum atomic E-state index is 12.2. The lowest BCUT2D eigenvalue weighted by Crippen LogP contribution is -2.35. The van der Waals surface area contributed by atoms with Gasteiger partial charge in [0.25, 0.3) is 0 Å². The molecule has 0 bridgehead atoms. The summed E-state index contributed by atoms with van der Waals surface area (Å²) in [5.74, 6) is -0.842. The summed E-state index contributed by atoms with van der Waals surface area (Å²) in [5.41, 5.74) is 0. The average molecular weight is 403 g/mol. The normalized spacial score (nSPS) is 17.1. The number of carbonyl (C=O) groups excluding carboxylic acids is 4. The Morgan fingerprint density at radius 3 is 2.48 bits per heavy atom. The third-order valence-electron chi connectivity index (χ3n) is 4.40. The molecule has 27 heavy (non-hydrogen) atoms. The topological polar surface area (TPSA) is 93.2 Å². The van der Waals surface area contributed by atoms with Crippen LogP contribution in [0.4, 0.5) is 0 Å². The van der Waals surface area contributed by atoms with Crippen molar-refractivity contribution >= 4 is 36.3 Å². The number of hydrogen-bond donors (Lipinski definition) is 1. The molecular formula is C18H30N2O6S. The van der Waals surface area contributed by atoms with E-state index in [4.69, 9.17) is 9.47 Å². The summed E-state index contributed by atoms with van der Waals surface area (Å²) in [6, 6.07) is 0. The lowest BCUT2D eigenvalue weighted by molar-refractivity contribution is -0.140. The van der Waals surface area contributed by atoms with Gasteiger partial charge in [0.1, 0.15) is 6.61 Å². The molecule has 0 aromatic carbocycles. The van der Waals surface area contributed by atoms with Crippen LogP contribution < -0.4 is 0 Å². The van der Waals surface area contributed by atoms with Gasteiger partial charge in [-0.15, -0.1) is 0 Å². The van der Waals surface area contributed by atoms with Gasteiger partial charge in [-0.05, 0) is 5.92 Å². The van der Waals surface area contributed by atoms with Crippen LogP contribution in [0.15, 0.2) is 0 Å². The molecule has 0 radical (unpaired) electrons. The van der Waals surface area contributed by atoms with Crippen LogP contribution in [0.25, 0.3) is 0 Å². The standard InChI is InChI=1S/C18H30N2O6S/c1-4-14(21)12-26-10-9-25-8-7-20(27)16(22)5-6-19-17(23)11-15(13(2)3)18(19)24/h13,15,27H,4-12H2,1-3H3. The summed E-state index contributed by atoms with van der Waals surface area (Å²) in [5, 5.41) is 0. The monoisotopic (exact) mass is 402 g/mol. The number of imide groups is 1. The van der Waals surface area contributed by atoms with Crippen LogP contribution in [-0.4, -0.2) is 72.2 Å². The Morgan fingerprint density at radius 1 is 1.22 bits per heavy atom. The summed E-state index contributed by atoms with van der Waals surface area (Å²) in [7, 11) is 0. The number of thiol groups is 1. The minimum absolute atomic E-state index is 0.0357. The number of carbonyl (C=O) groups is 4. The van der Waals surface area contributed by atoms with E-state index in [0.29, 0.717) is 19.6 Å². The van der Waals surface area contributed by atoms with Crippen LogP contribution in [0, 0.1) is 11.8 Å². The van der Waals surface area contributed by atoms with Crippen LogP contribution >= 0.6 is 12.8 Å². The second-order valence-electron chi connectivity index (χ2n) is 6.76. The van der Waals surface area contributed by atoms with Crippen molar-refractivity contribution in [2.24, 2.45) is 11.8 Å². The van der Waals surface area contributed by atoms with Crippen molar-refractivity contribution in [3.8, 4) is 0 Å². The SMILES string of the molecule is CCC(=O)COCCOCCN(S)C(=O)CCN1C(=O)CC(C(C)C)C1=O. The van der Waals surface area contributed by atoms with Crippen molar-refractivity contribution in [2.45, 2.75) is 40.0 Å². The molecule has 1 saturated heterocycles. The molecule has 1 fully saturated rings. The van der Waals surface area contributed by atoms with Gasteiger partial charge in [-0.1, -0.05) is 33.6 Å². The van der Waals surface area contributed by atoms with Gasteiger partial charge in [0.05, 0.1) is 26.4 Å². The number of ketones is 1. The number of Topliss-reactive ketones (excluding diaryl/α,β-unsaturated/α-hetero) is 1.